The molecule has 0 unspecified atom stereocenters. The first kappa shape index (κ1) is 21.9. The van der Waals surface area contributed by atoms with Crippen LogP contribution < -0.4 is 10.6 Å². The zero-order valence-corrected chi connectivity index (χ0v) is 19.0. The Labute approximate surface area is 194 Å². The molecule has 0 aliphatic heterocycles. The van der Waals surface area contributed by atoms with Crippen LogP contribution in [0.1, 0.15) is 40.5 Å². The second-order valence-electron chi connectivity index (χ2n) is 7.13. The molecule has 1 heterocycles. The first-order valence-electron chi connectivity index (χ1n) is 10.2. The molecule has 6 nitrogen and oxygen atoms in total. The molecule has 3 aromatic carbocycles. The van der Waals surface area contributed by atoms with E-state index in [4.69, 9.17) is 17.0 Å². The van der Waals surface area contributed by atoms with Gasteiger partial charge in [0.2, 0.25) is 0 Å². The van der Waals surface area contributed by atoms with Crippen molar-refractivity contribution in [1.82, 2.24) is 10.3 Å². The van der Waals surface area contributed by atoms with E-state index in [0.29, 0.717) is 22.9 Å². The maximum absolute atomic E-state index is 12.8. The summed E-state index contributed by atoms with van der Waals surface area (Å²) in [4.78, 5) is 29.4. The summed E-state index contributed by atoms with van der Waals surface area (Å²) in [7, 11) is 0. The van der Waals surface area contributed by atoms with E-state index < -0.39 is 0 Å². The monoisotopic (exact) mass is 463 g/mol. The van der Waals surface area contributed by atoms with Crippen LogP contribution in [0.15, 0.2) is 60.7 Å². The number of thiazole rings is 1. The number of amides is 1. The van der Waals surface area contributed by atoms with E-state index in [2.05, 4.69) is 15.6 Å². The summed E-state index contributed by atoms with van der Waals surface area (Å²) in [5, 5.41) is 8.19. The number of ether oxygens (including phenoxy) is 1. The van der Waals surface area contributed by atoms with Crippen LogP contribution in [0.3, 0.4) is 0 Å². The number of carbonyl (C=O) groups is 2. The lowest BCUT2D eigenvalue weighted by Gasteiger charge is -2.09. The van der Waals surface area contributed by atoms with Crippen molar-refractivity contribution in [1.29, 1.82) is 0 Å². The predicted molar refractivity (Wildman–Crippen MR) is 132 cm³/mol. The summed E-state index contributed by atoms with van der Waals surface area (Å²) in [5.74, 6) is -0.640. The van der Waals surface area contributed by atoms with Crippen molar-refractivity contribution in [3.8, 4) is 0 Å². The number of fused-ring (bicyclic) bond motifs is 2. The molecule has 0 aliphatic rings. The molecule has 8 heteroatoms. The number of rotatable bonds is 6. The highest BCUT2D eigenvalue weighted by atomic mass is 32.1. The van der Waals surface area contributed by atoms with Crippen LogP contribution in [0.4, 0.5) is 5.13 Å². The van der Waals surface area contributed by atoms with E-state index in [1.807, 2.05) is 43.3 Å². The lowest BCUT2D eigenvalue weighted by molar-refractivity contribution is 0.0500. The number of anilines is 1. The third-order valence-corrected chi connectivity index (χ3v) is 5.97. The van der Waals surface area contributed by atoms with E-state index in [-0.39, 0.29) is 17.0 Å². The zero-order chi connectivity index (χ0) is 22.5. The van der Waals surface area contributed by atoms with Crippen LogP contribution in [0, 0.1) is 0 Å². The number of nitrogens with one attached hydrogen (secondary N) is 2. The number of nitrogens with zero attached hydrogens (tertiary/aromatic N) is 1. The second kappa shape index (κ2) is 9.84. The average Bonchev–Trinajstić information content (AvgIpc) is 3.19. The quantitative estimate of drug-likeness (QED) is 0.222. The molecule has 0 bridgehead atoms. The first-order valence-corrected chi connectivity index (χ1v) is 11.5. The van der Waals surface area contributed by atoms with Crippen LogP contribution >= 0.6 is 23.6 Å². The van der Waals surface area contributed by atoms with Crippen LogP contribution in [-0.2, 0) is 4.74 Å². The minimum absolute atomic E-state index is 0.154. The molecule has 162 valence electrons. The maximum atomic E-state index is 12.8. The molecule has 0 atom stereocenters. The normalized spacial score (nSPS) is 10.8. The lowest BCUT2D eigenvalue weighted by Crippen LogP contribution is -2.34. The number of benzene rings is 3. The molecule has 0 spiro atoms. The Hall–Kier alpha value is -3.36. The summed E-state index contributed by atoms with van der Waals surface area (Å²) >= 11 is 6.66. The molecule has 0 saturated carbocycles. The highest BCUT2D eigenvalue weighted by Crippen LogP contribution is 2.27. The van der Waals surface area contributed by atoms with Crippen molar-refractivity contribution in [2.75, 3.05) is 11.9 Å². The van der Waals surface area contributed by atoms with Crippen molar-refractivity contribution in [2.24, 2.45) is 0 Å². The van der Waals surface area contributed by atoms with E-state index in [9.17, 15) is 9.59 Å². The standard InChI is InChI=1S/C24H21N3O3S2/c1-2-3-13-30-22(29)16-11-12-19-20(14-16)32-24(25-19)27-23(31)26-21(28)18-10-6-8-15-7-4-5-9-17(15)18/h4-12,14H,2-3,13H2,1H3,(H2,25,26,27,28,31). The number of hydrogen-bond acceptors (Lipinski definition) is 6. The molecular weight excluding hydrogens is 442 g/mol. The van der Waals surface area contributed by atoms with Crippen molar-refractivity contribution in [3.63, 3.8) is 0 Å². The maximum Gasteiger partial charge on any atom is 0.338 e. The molecule has 4 rings (SSSR count). The first-order chi connectivity index (χ1) is 15.5. The summed E-state index contributed by atoms with van der Waals surface area (Å²) in [6.07, 6.45) is 1.80. The van der Waals surface area contributed by atoms with Crippen LogP contribution in [-0.4, -0.2) is 28.6 Å². The summed E-state index contributed by atoms with van der Waals surface area (Å²) < 4.78 is 6.09. The van der Waals surface area contributed by atoms with Gasteiger partial charge < -0.3 is 10.1 Å². The molecule has 2 N–H and O–H groups in total. The van der Waals surface area contributed by atoms with E-state index >= 15 is 0 Å². The average molecular weight is 464 g/mol. The molecule has 1 aromatic heterocycles. The smallest absolute Gasteiger partial charge is 0.338 e. The second-order valence-corrected chi connectivity index (χ2v) is 8.56. The van der Waals surface area contributed by atoms with Gasteiger partial charge in [-0.3, -0.25) is 10.1 Å². The number of carbonyl (C=O) groups excluding carboxylic acids is 2. The van der Waals surface area contributed by atoms with Gasteiger partial charge in [-0.2, -0.15) is 0 Å². The van der Waals surface area contributed by atoms with Crippen LogP contribution in [0.25, 0.3) is 21.0 Å². The Bertz CT molecular complexity index is 1310. The fraction of sp³-hybridized carbons (Fsp3) is 0.167. The van der Waals surface area contributed by atoms with Gasteiger partial charge in [-0.25, -0.2) is 9.78 Å². The molecule has 0 aliphatic carbocycles. The van der Waals surface area contributed by atoms with E-state index in [1.54, 1.807) is 24.3 Å². The van der Waals surface area contributed by atoms with E-state index in [1.165, 1.54) is 11.3 Å². The molecular formula is C24H21N3O3S2. The van der Waals surface area contributed by atoms with Crippen molar-refractivity contribution in [3.05, 3.63) is 71.8 Å². The third kappa shape index (κ3) is 4.92. The minimum Gasteiger partial charge on any atom is -0.462 e. The topological polar surface area (TPSA) is 80.3 Å². The van der Waals surface area contributed by atoms with Crippen molar-refractivity contribution < 1.29 is 14.3 Å². The van der Waals surface area contributed by atoms with Gasteiger partial charge in [0, 0.05) is 5.56 Å². The van der Waals surface area contributed by atoms with Gasteiger partial charge in [0.15, 0.2) is 10.2 Å². The van der Waals surface area contributed by atoms with Crippen molar-refractivity contribution >= 4 is 66.7 Å². The Kier molecular flexibility index (Phi) is 6.72. The zero-order valence-electron chi connectivity index (χ0n) is 17.4. The largest absolute Gasteiger partial charge is 0.462 e. The van der Waals surface area contributed by atoms with Gasteiger partial charge in [0.25, 0.3) is 5.91 Å². The third-order valence-electron chi connectivity index (χ3n) is 4.84. The number of unbranched alkanes of at least 4 members (excludes halogenated alkanes) is 1. The van der Waals surface area contributed by atoms with E-state index in [0.717, 1.165) is 33.8 Å². The minimum atomic E-state index is -0.346. The molecule has 1 amide bonds. The van der Waals surface area contributed by atoms with Gasteiger partial charge >= 0.3 is 5.97 Å². The fourth-order valence-corrected chi connectivity index (χ4v) is 4.38. The van der Waals surface area contributed by atoms with Gasteiger partial charge in [-0.15, -0.1) is 0 Å². The Balaban J connectivity index is 1.44. The van der Waals surface area contributed by atoms with Crippen molar-refractivity contribution in [2.45, 2.75) is 19.8 Å². The summed E-state index contributed by atoms with van der Waals surface area (Å²) in [6.45, 7) is 2.45. The molecule has 0 saturated heterocycles. The number of aromatic nitrogens is 1. The van der Waals surface area contributed by atoms with Crippen LogP contribution in [0.5, 0.6) is 0 Å². The molecule has 0 fully saturated rings. The fourth-order valence-electron chi connectivity index (χ4n) is 3.22. The number of hydrogen-bond donors (Lipinski definition) is 2. The Morgan fingerprint density at radius 3 is 2.75 bits per heavy atom. The number of esters is 1. The van der Waals surface area contributed by atoms with Gasteiger partial charge in [0.05, 0.1) is 22.4 Å². The van der Waals surface area contributed by atoms with Crippen LogP contribution in [0.2, 0.25) is 0 Å². The number of thiocarbonyl (C=S) groups is 1. The Morgan fingerprint density at radius 2 is 1.91 bits per heavy atom. The summed E-state index contributed by atoms with van der Waals surface area (Å²) in [5.41, 5.74) is 1.75. The highest BCUT2D eigenvalue weighted by molar-refractivity contribution is 7.80. The molecule has 0 radical (unpaired) electrons. The SMILES string of the molecule is CCCCOC(=O)c1ccc2nc(NC(=S)NC(=O)c3cccc4ccccc34)sc2c1. The Morgan fingerprint density at radius 1 is 1.09 bits per heavy atom. The van der Waals surface area contributed by atoms with Gasteiger partial charge in [0.1, 0.15) is 0 Å². The van der Waals surface area contributed by atoms with Gasteiger partial charge in [-0.05, 0) is 53.7 Å². The molecule has 32 heavy (non-hydrogen) atoms. The highest BCUT2D eigenvalue weighted by Gasteiger charge is 2.14. The summed E-state index contributed by atoms with van der Waals surface area (Å²) in [6, 6.07) is 18.5. The molecule has 4 aromatic rings. The van der Waals surface area contributed by atoms with Gasteiger partial charge in [-0.1, -0.05) is 61.1 Å². The lowest BCUT2D eigenvalue weighted by atomic mass is 10.0. The predicted octanol–water partition coefficient (Wildman–Crippen LogP) is 5.53.